The smallest absolute Gasteiger partial charge is 0.337 e. The second-order valence-corrected chi connectivity index (χ2v) is 4.05. The standard InChI is InChI=1S/C14H14N2O3/c1-3-6-16-13-11(8-15)10-7-9(14(17)18-2)4-5-12(10)19-13/h4-5,7,16H,3,6H2,1-2H3. The van der Waals surface area contributed by atoms with Gasteiger partial charge in [0.2, 0.25) is 5.88 Å². The summed E-state index contributed by atoms with van der Waals surface area (Å²) in [5.41, 5.74) is 1.38. The van der Waals surface area contributed by atoms with E-state index in [4.69, 9.17) is 4.42 Å². The average molecular weight is 258 g/mol. The first kappa shape index (κ1) is 13.0. The summed E-state index contributed by atoms with van der Waals surface area (Å²) < 4.78 is 10.2. The van der Waals surface area contributed by atoms with E-state index < -0.39 is 5.97 Å². The minimum absolute atomic E-state index is 0.398. The van der Waals surface area contributed by atoms with Crippen LogP contribution >= 0.6 is 0 Å². The quantitative estimate of drug-likeness (QED) is 0.853. The van der Waals surface area contributed by atoms with E-state index >= 15 is 0 Å². The number of hydrogen-bond acceptors (Lipinski definition) is 5. The maximum Gasteiger partial charge on any atom is 0.337 e. The topological polar surface area (TPSA) is 75.3 Å². The number of esters is 1. The van der Waals surface area contributed by atoms with Crippen LogP contribution in [0.4, 0.5) is 5.88 Å². The molecule has 0 amide bonds. The first-order valence-corrected chi connectivity index (χ1v) is 6.00. The molecule has 98 valence electrons. The number of anilines is 1. The highest BCUT2D eigenvalue weighted by atomic mass is 16.5. The van der Waals surface area contributed by atoms with Crippen LogP contribution in [-0.4, -0.2) is 19.6 Å². The number of furan rings is 1. The molecule has 0 bridgehead atoms. The Kier molecular flexibility index (Phi) is 3.71. The molecule has 19 heavy (non-hydrogen) atoms. The molecule has 2 rings (SSSR count). The average Bonchev–Trinajstić information content (AvgIpc) is 2.80. The molecule has 0 aliphatic carbocycles. The summed E-state index contributed by atoms with van der Waals surface area (Å²) in [5.74, 6) is 0.0106. The van der Waals surface area contributed by atoms with E-state index in [-0.39, 0.29) is 0 Å². The fraction of sp³-hybridized carbons (Fsp3) is 0.286. The Hall–Kier alpha value is -2.48. The van der Waals surface area contributed by atoms with Crippen molar-refractivity contribution in [3.63, 3.8) is 0 Å². The van der Waals surface area contributed by atoms with Crippen molar-refractivity contribution >= 4 is 22.8 Å². The number of nitriles is 1. The summed E-state index contributed by atoms with van der Waals surface area (Å²) in [6.07, 6.45) is 0.926. The van der Waals surface area contributed by atoms with Crippen LogP contribution < -0.4 is 5.32 Å². The van der Waals surface area contributed by atoms with Crippen molar-refractivity contribution in [2.24, 2.45) is 0 Å². The van der Waals surface area contributed by atoms with Crippen molar-refractivity contribution in [1.82, 2.24) is 0 Å². The van der Waals surface area contributed by atoms with Gasteiger partial charge >= 0.3 is 5.97 Å². The zero-order valence-corrected chi connectivity index (χ0v) is 10.8. The van der Waals surface area contributed by atoms with Crippen LogP contribution in [0.1, 0.15) is 29.3 Å². The normalized spacial score (nSPS) is 10.2. The zero-order valence-electron chi connectivity index (χ0n) is 10.8. The molecule has 0 aliphatic heterocycles. The Morgan fingerprint density at radius 1 is 1.53 bits per heavy atom. The number of rotatable bonds is 4. The molecule has 0 saturated heterocycles. The fourth-order valence-corrected chi connectivity index (χ4v) is 1.82. The van der Waals surface area contributed by atoms with Gasteiger partial charge in [-0.1, -0.05) is 6.92 Å². The van der Waals surface area contributed by atoms with Crippen LogP contribution in [0.3, 0.4) is 0 Å². The lowest BCUT2D eigenvalue weighted by molar-refractivity contribution is 0.0601. The molecule has 0 radical (unpaired) electrons. The number of hydrogen-bond donors (Lipinski definition) is 1. The molecular weight excluding hydrogens is 244 g/mol. The minimum atomic E-state index is -0.435. The third kappa shape index (κ3) is 2.38. The van der Waals surface area contributed by atoms with Gasteiger partial charge in [0, 0.05) is 11.9 Å². The highest BCUT2D eigenvalue weighted by molar-refractivity contribution is 5.97. The molecule has 5 heteroatoms. The van der Waals surface area contributed by atoms with Gasteiger partial charge in [-0.3, -0.25) is 0 Å². The number of nitrogens with zero attached hydrogens (tertiary/aromatic N) is 1. The number of nitrogens with one attached hydrogen (secondary N) is 1. The van der Waals surface area contributed by atoms with Crippen LogP contribution in [0.2, 0.25) is 0 Å². The molecule has 0 fully saturated rings. The van der Waals surface area contributed by atoms with Gasteiger partial charge in [-0.05, 0) is 24.6 Å². The predicted octanol–water partition coefficient (Wildman–Crippen LogP) is 2.91. The molecule has 1 aromatic heterocycles. The van der Waals surface area contributed by atoms with Crippen molar-refractivity contribution in [2.45, 2.75) is 13.3 Å². The van der Waals surface area contributed by atoms with E-state index in [0.29, 0.717) is 28.0 Å². The lowest BCUT2D eigenvalue weighted by Gasteiger charge is -1.99. The first-order chi connectivity index (χ1) is 9.21. The number of methoxy groups -OCH3 is 1. The van der Waals surface area contributed by atoms with Gasteiger partial charge in [0.25, 0.3) is 0 Å². The third-order valence-corrected chi connectivity index (χ3v) is 2.76. The maximum atomic E-state index is 11.5. The van der Waals surface area contributed by atoms with Crippen molar-refractivity contribution in [1.29, 1.82) is 5.26 Å². The van der Waals surface area contributed by atoms with Crippen molar-refractivity contribution in [2.75, 3.05) is 19.0 Å². The third-order valence-electron chi connectivity index (χ3n) is 2.76. The van der Waals surface area contributed by atoms with Crippen LogP contribution in [0.15, 0.2) is 22.6 Å². The maximum absolute atomic E-state index is 11.5. The molecular formula is C14H14N2O3. The Balaban J connectivity index is 2.52. The van der Waals surface area contributed by atoms with Crippen molar-refractivity contribution < 1.29 is 13.9 Å². The van der Waals surface area contributed by atoms with Crippen LogP contribution in [0.5, 0.6) is 0 Å². The molecule has 1 N–H and O–H groups in total. The zero-order chi connectivity index (χ0) is 13.8. The highest BCUT2D eigenvalue weighted by Gasteiger charge is 2.16. The van der Waals surface area contributed by atoms with Gasteiger partial charge < -0.3 is 14.5 Å². The molecule has 0 saturated carbocycles. The molecule has 0 aliphatic rings. The van der Waals surface area contributed by atoms with Gasteiger partial charge in [-0.2, -0.15) is 5.26 Å². The summed E-state index contributed by atoms with van der Waals surface area (Å²) in [7, 11) is 1.32. The molecule has 0 spiro atoms. The van der Waals surface area contributed by atoms with Gasteiger partial charge in [0.1, 0.15) is 17.2 Å². The second kappa shape index (κ2) is 5.44. The number of carbonyl (C=O) groups is 1. The molecule has 0 unspecified atom stereocenters. The van der Waals surface area contributed by atoms with Gasteiger partial charge in [-0.15, -0.1) is 0 Å². The summed E-state index contributed by atoms with van der Waals surface area (Å²) >= 11 is 0. The molecule has 5 nitrogen and oxygen atoms in total. The van der Waals surface area contributed by atoms with E-state index in [9.17, 15) is 10.1 Å². The van der Waals surface area contributed by atoms with Crippen molar-refractivity contribution in [3.05, 3.63) is 29.3 Å². The second-order valence-electron chi connectivity index (χ2n) is 4.05. The van der Waals surface area contributed by atoms with Crippen LogP contribution in [-0.2, 0) is 4.74 Å². The lowest BCUT2D eigenvalue weighted by Crippen LogP contribution is -2.00. The number of carbonyl (C=O) groups excluding carboxylic acids is 1. The van der Waals surface area contributed by atoms with E-state index in [1.165, 1.54) is 7.11 Å². The molecule has 1 aromatic carbocycles. The molecule has 0 atom stereocenters. The van der Waals surface area contributed by atoms with Crippen molar-refractivity contribution in [3.8, 4) is 6.07 Å². The Labute approximate surface area is 110 Å². The van der Waals surface area contributed by atoms with Gasteiger partial charge in [0.15, 0.2) is 0 Å². The molecule has 2 aromatic rings. The monoisotopic (exact) mass is 258 g/mol. The summed E-state index contributed by atoms with van der Waals surface area (Å²) in [4.78, 5) is 11.5. The Bertz CT molecular complexity index is 652. The van der Waals surface area contributed by atoms with Crippen LogP contribution in [0, 0.1) is 11.3 Å². The summed E-state index contributed by atoms with van der Waals surface area (Å²) in [6, 6.07) is 6.99. The minimum Gasteiger partial charge on any atom is -0.465 e. The predicted molar refractivity (Wildman–Crippen MR) is 71.0 cm³/mol. The lowest BCUT2D eigenvalue weighted by atomic mass is 10.1. The van der Waals surface area contributed by atoms with E-state index in [1.807, 2.05) is 6.92 Å². The summed E-state index contributed by atoms with van der Waals surface area (Å²) in [5, 5.41) is 12.9. The molecule has 1 heterocycles. The Morgan fingerprint density at radius 2 is 2.32 bits per heavy atom. The fourth-order valence-electron chi connectivity index (χ4n) is 1.82. The van der Waals surface area contributed by atoms with E-state index in [2.05, 4.69) is 16.1 Å². The summed E-state index contributed by atoms with van der Waals surface area (Å²) in [6.45, 7) is 2.75. The van der Waals surface area contributed by atoms with Gasteiger partial charge in [0.05, 0.1) is 12.7 Å². The van der Waals surface area contributed by atoms with Crippen LogP contribution in [0.25, 0.3) is 11.0 Å². The van der Waals surface area contributed by atoms with E-state index in [1.54, 1.807) is 18.2 Å². The largest absolute Gasteiger partial charge is 0.465 e. The van der Waals surface area contributed by atoms with Gasteiger partial charge in [-0.25, -0.2) is 4.79 Å². The number of fused-ring (bicyclic) bond motifs is 1. The number of benzene rings is 1. The Morgan fingerprint density at radius 3 is 2.95 bits per heavy atom. The highest BCUT2D eigenvalue weighted by Crippen LogP contribution is 2.30. The first-order valence-electron chi connectivity index (χ1n) is 6.00. The number of ether oxygens (including phenoxy) is 1. The van der Waals surface area contributed by atoms with E-state index in [0.717, 1.165) is 13.0 Å². The SMILES string of the molecule is CCCNc1oc2ccc(C(=O)OC)cc2c1C#N.